The van der Waals surface area contributed by atoms with E-state index in [1.54, 1.807) is 0 Å². The molecule has 0 N–H and O–H groups in total. The molecule has 0 atom stereocenters. The van der Waals surface area contributed by atoms with Crippen molar-refractivity contribution in [3.63, 3.8) is 0 Å². The normalized spacial score (nSPS) is 14.4. The first-order valence-electron chi connectivity index (χ1n) is 5.02. The van der Waals surface area contributed by atoms with Crippen molar-refractivity contribution in [3.05, 3.63) is 33.4 Å². The average molecular weight is 221 g/mol. The van der Waals surface area contributed by atoms with E-state index in [1.165, 1.54) is 19.2 Å². The van der Waals surface area contributed by atoms with Crippen LogP contribution >= 0.6 is 0 Å². The summed E-state index contributed by atoms with van der Waals surface area (Å²) in [4.78, 5) is 21.9. The molecule has 0 saturated heterocycles. The molecule has 0 heterocycles. The molecule has 16 heavy (non-hydrogen) atoms. The maximum atomic E-state index is 11.6. The zero-order chi connectivity index (χ0) is 11.7. The summed E-state index contributed by atoms with van der Waals surface area (Å²) in [6, 6.07) is 2.86. The highest BCUT2D eigenvalue weighted by Crippen LogP contribution is 2.36. The Bertz CT molecular complexity index is 452. The predicted octanol–water partition coefficient (Wildman–Crippen LogP) is 2.12. The molecule has 5 nitrogen and oxygen atoms in total. The number of rotatable bonds is 2. The van der Waals surface area contributed by atoms with Crippen LogP contribution in [0, 0.1) is 10.1 Å². The molecule has 5 heteroatoms. The number of ether oxygens (including phenoxy) is 1. The molecule has 1 aromatic carbocycles. The highest BCUT2D eigenvalue weighted by atomic mass is 16.6. The lowest BCUT2D eigenvalue weighted by molar-refractivity contribution is -0.385. The van der Waals surface area contributed by atoms with E-state index < -0.39 is 4.92 Å². The SMILES string of the molecule is COc1c([N+](=O)[O-])ccc2c1CCCC2=O. The number of benzene rings is 1. The molecular formula is C11H11NO4. The fourth-order valence-electron chi connectivity index (χ4n) is 2.06. The molecule has 1 aliphatic carbocycles. The second-order valence-electron chi connectivity index (χ2n) is 3.68. The highest BCUT2D eigenvalue weighted by molar-refractivity contribution is 5.99. The molecule has 0 spiro atoms. The molecule has 2 rings (SSSR count). The number of ketones is 1. The Morgan fingerprint density at radius 1 is 1.38 bits per heavy atom. The van der Waals surface area contributed by atoms with Crippen LogP contribution in [-0.4, -0.2) is 17.8 Å². The van der Waals surface area contributed by atoms with Gasteiger partial charge >= 0.3 is 5.69 Å². The van der Waals surface area contributed by atoms with Gasteiger partial charge in [0.15, 0.2) is 5.78 Å². The summed E-state index contributed by atoms with van der Waals surface area (Å²) in [6.45, 7) is 0. The van der Waals surface area contributed by atoms with Gasteiger partial charge in [0.1, 0.15) is 0 Å². The molecule has 0 bridgehead atoms. The fraction of sp³-hybridized carbons (Fsp3) is 0.364. The summed E-state index contributed by atoms with van der Waals surface area (Å²) in [5, 5.41) is 10.8. The van der Waals surface area contributed by atoms with Crippen LogP contribution < -0.4 is 4.74 Å². The lowest BCUT2D eigenvalue weighted by atomic mass is 9.89. The minimum atomic E-state index is -0.488. The van der Waals surface area contributed by atoms with Gasteiger partial charge in [-0.25, -0.2) is 0 Å². The molecule has 0 aromatic heterocycles. The van der Waals surface area contributed by atoms with Crippen molar-refractivity contribution in [2.75, 3.05) is 7.11 Å². The van der Waals surface area contributed by atoms with Crippen LogP contribution in [0.4, 0.5) is 5.69 Å². The third-order valence-electron chi connectivity index (χ3n) is 2.77. The predicted molar refractivity (Wildman–Crippen MR) is 56.9 cm³/mol. The number of carbonyl (C=O) groups is 1. The molecule has 0 fully saturated rings. The van der Waals surface area contributed by atoms with Gasteiger partial charge < -0.3 is 4.74 Å². The van der Waals surface area contributed by atoms with Crippen LogP contribution in [0.25, 0.3) is 0 Å². The number of fused-ring (bicyclic) bond motifs is 1. The van der Waals surface area contributed by atoms with E-state index in [9.17, 15) is 14.9 Å². The second kappa shape index (κ2) is 3.92. The van der Waals surface area contributed by atoms with Gasteiger partial charge in [0.2, 0.25) is 5.75 Å². The Labute approximate surface area is 92.2 Å². The van der Waals surface area contributed by atoms with E-state index >= 15 is 0 Å². The van der Waals surface area contributed by atoms with E-state index in [-0.39, 0.29) is 17.2 Å². The van der Waals surface area contributed by atoms with Gasteiger partial charge in [-0.05, 0) is 18.9 Å². The van der Waals surface area contributed by atoms with Gasteiger partial charge in [-0.1, -0.05) is 0 Å². The highest BCUT2D eigenvalue weighted by Gasteiger charge is 2.26. The van der Waals surface area contributed by atoms with Gasteiger partial charge in [0, 0.05) is 23.6 Å². The van der Waals surface area contributed by atoms with Crippen molar-refractivity contribution in [3.8, 4) is 5.75 Å². The van der Waals surface area contributed by atoms with E-state index in [0.717, 1.165) is 6.42 Å². The second-order valence-corrected chi connectivity index (χ2v) is 3.68. The van der Waals surface area contributed by atoms with Crippen molar-refractivity contribution in [2.24, 2.45) is 0 Å². The van der Waals surface area contributed by atoms with Gasteiger partial charge in [-0.2, -0.15) is 0 Å². The summed E-state index contributed by atoms with van der Waals surface area (Å²) in [5.74, 6) is 0.269. The average Bonchev–Trinajstić information content (AvgIpc) is 2.27. The van der Waals surface area contributed by atoms with E-state index in [2.05, 4.69) is 0 Å². The number of Topliss-reactive ketones (excluding diaryl/α,β-unsaturated/α-hetero) is 1. The zero-order valence-electron chi connectivity index (χ0n) is 8.86. The first-order valence-corrected chi connectivity index (χ1v) is 5.02. The number of nitrogens with zero attached hydrogens (tertiary/aromatic N) is 1. The molecule has 84 valence electrons. The maximum absolute atomic E-state index is 11.6. The first-order chi connectivity index (χ1) is 7.65. The minimum absolute atomic E-state index is 0.0365. The van der Waals surface area contributed by atoms with Gasteiger partial charge in [-0.15, -0.1) is 0 Å². The Morgan fingerprint density at radius 3 is 2.75 bits per heavy atom. The monoisotopic (exact) mass is 221 g/mol. The van der Waals surface area contributed by atoms with Crippen molar-refractivity contribution < 1.29 is 14.5 Å². The number of hydrogen-bond donors (Lipinski definition) is 0. The van der Waals surface area contributed by atoms with Crippen LogP contribution in [0.1, 0.15) is 28.8 Å². The van der Waals surface area contributed by atoms with E-state index in [0.29, 0.717) is 24.0 Å². The smallest absolute Gasteiger partial charge is 0.311 e. The minimum Gasteiger partial charge on any atom is -0.490 e. The quantitative estimate of drug-likeness (QED) is 0.566. The summed E-state index contributed by atoms with van der Waals surface area (Å²) in [5.41, 5.74) is 1.16. The van der Waals surface area contributed by atoms with E-state index in [4.69, 9.17) is 4.74 Å². The number of methoxy groups -OCH3 is 1. The van der Waals surface area contributed by atoms with Gasteiger partial charge in [-0.3, -0.25) is 14.9 Å². The molecule has 0 aliphatic heterocycles. The number of nitro benzene ring substituents is 1. The number of carbonyl (C=O) groups excluding carboxylic acids is 1. The molecule has 0 saturated carbocycles. The van der Waals surface area contributed by atoms with Crippen LogP contribution in [0.5, 0.6) is 5.75 Å². The van der Waals surface area contributed by atoms with Crippen LogP contribution in [0.2, 0.25) is 0 Å². The Kier molecular flexibility index (Phi) is 2.60. The van der Waals surface area contributed by atoms with Gasteiger partial charge in [0.25, 0.3) is 0 Å². The van der Waals surface area contributed by atoms with Crippen LogP contribution in [-0.2, 0) is 6.42 Å². The Morgan fingerprint density at radius 2 is 2.12 bits per heavy atom. The summed E-state index contributed by atoms with van der Waals surface area (Å²) in [6.07, 6.45) is 1.89. The first kappa shape index (κ1) is 10.6. The summed E-state index contributed by atoms with van der Waals surface area (Å²) < 4.78 is 5.06. The fourth-order valence-corrected chi connectivity index (χ4v) is 2.06. The molecule has 0 radical (unpaired) electrons. The van der Waals surface area contributed by atoms with Crippen molar-refractivity contribution in [1.29, 1.82) is 0 Å². The molecule has 0 unspecified atom stereocenters. The van der Waals surface area contributed by atoms with Crippen LogP contribution in [0.15, 0.2) is 12.1 Å². The van der Waals surface area contributed by atoms with E-state index in [1.807, 2.05) is 0 Å². The zero-order valence-corrected chi connectivity index (χ0v) is 8.86. The molecular weight excluding hydrogens is 210 g/mol. The number of nitro groups is 1. The topological polar surface area (TPSA) is 69.4 Å². The van der Waals surface area contributed by atoms with Crippen LogP contribution in [0.3, 0.4) is 0 Å². The lowest BCUT2D eigenvalue weighted by Gasteiger charge is -2.17. The van der Waals surface area contributed by atoms with Crippen molar-refractivity contribution in [1.82, 2.24) is 0 Å². The maximum Gasteiger partial charge on any atom is 0.311 e. The third kappa shape index (κ3) is 1.54. The Balaban J connectivity index is 2.64. The third-order valence-corrected chi connectivity index (χ3v) is 2.77. The molecule has 1 aromatic rings. The van der Waals surface area contributed by atoms with Crippen molar-refractivity contribution in [2.45, 2.75) is 19.3 Å². The summed E-state index contributed by atoms with van der Waals surface area (Å²) >= 11 is 0. The largest absolute Gasteiger partial charge is 0.490 e. The van der Waals surface area contributed by atoms with Crippen molar-refractivity contribution >= 4 is 11.5 Å². The Hall–Kier alpha value is -1.91. The lowest BCUT2D eigenvalue weighted by Crippen LogP contribution is -2.12. The standard InChI is InChI=1S/C11H11NO4/c1-16-11-8-3-2-4-10(13)7(8)5-6-9(11)12(14)15/h5-6H,2-4H2,1H3. The molecule has 1 aliphatic rings. The number of hydrogen-bond acceptors (Lipinski definition) is 4. The van der Waals surface area contributed by atoms with Gasteiger partial charge in [0.05, 0.1) is 12.0 Å². The summed E-state index contributed by atoms with van der Waals surface area (Å²) in [7, 11) is 1.39. The molecule has 0 amide bonds.